The molecule has 16 heavy (non-hydrogen) atoms. The van der Waals surface area contributed by atoms with Crippen molar-refractivity contribution < 1.29 is 5.11 Å². The van der Waals surface area contributed by atoms with Crippen molar-refractivity contribution in [2.45, 2.75) is 50.5 Å². The summed E-state index contributed by atoms with van der Waals surface area (Å²) in [5.74, 6) is 0. The van der Waals surface area contributed by atoms with Crippen LogP contribution < -0.4 is 5.73 Å². The van der Waals surface area contributed by atoms with Gasteiger partial charge in [0.2, 0.25) is 0 Å². The van der Waals surface area contributed by atoms with E-state index in [1.165, 1.54) is 5.56 Å². The van der Waals surface area contributed by atoms with E-state index in [4.69, 9.17) is 5.73 Å². The zero-order valence-electron chi connectivity index (χ0n) is 10.2. The molecule has 1 aromatic heterocycles. The van der Waals surface area contributed by atoms with Crippen LogP contribution in [0.1, 0.15) is 44.9 Å². The molecular weight excluding hydrogens is 202 g/mol. The molecule has 1 aliphatic carbocycles. The first-order chi connectivity index (χ1) is 7.39. The van der Waals surface area contributed by atoms with Crippen LogP contribution in [0.5, 0.6) is 0 Å². The van der Waals surface area contributed by atoms with Gasteiger partial charge in [0.05, 0.1) is 12.3 Å². The maximum atomic E-state index is 9.52. The number of nitrogens with zero attached hydrogens (tertiary/aromatic N) is 1. The van der Waals surface area contributed by atoms with Crippen LogP contribution in [0.3, 0.4) is 0 Å². The summed E-state index contributed by atoms with van der Waals surface area (Å²) in [6.45, 7) is 7.04. The van der Waals surface area contributed by atoms with Crippen molar-refractivity contribution in [3.8, 4) is 0 Å². The summed E-state index contributed by atoms with van der Waals surface area (Å²) >= 11 is 0. The molecule has 4 heteroatoms. The van der Waals surface area contributed by atoms with E-state index in [-0.39, 0.29) is 16.9 Å². The van der Waals surface area contributed by atoms with E-state index < -0.39 is 0 Å². The summed E-state index contributed by atoms with van der Waals surface area (Å²) in [6.07, 6.45) is 3.18. The predicted molar refractivity (Wildman–Crippen MR) is 63.3 cm³/mol. The standard InChI is InChI=1S/C12H21N3O/c1-11(2,3)10-9(6-14-15-10)12(7-13)4-8(16)5-12/h6,8,16H,4-5,7,13H2,1-3H3,(H,14,15). The normalized spacial score (nSPS) is 30.2. The Morgan fingerprint density at radius 2 is 2.19 bits per heavy atom. The molecule has 0 unspecified atom stereocenters. The Kier molecular flexibility index (Phi) is 2.59. The Bertz CT molecular complexity index is 372. The molecule has 0 radical (unpaired) electrons. The lowest BCUT2D eigenvalue weighted by Crippen LogP contribution is -2.50. The van der Waals surface area contributed by atoms with Crippen molar-refractivity contribution in [3.05, 3.63) is 17.5 Å². The maximum Gasteiger partial charge on any atom is 0.0558 e. The summed E-state index contributed by atoms with van der Waals surface area (Å²) in [4.78, 5) is 0. The second kappa shape index (κ2) is 3.57. The van der Waals surface area contributed by atoms with Gasteiger partial charge in [-0.15, -0.1) is 0 Å². The lowest BCUT2D eigenvalue weighted by Gasteiger charge is -2.45. The number of aromatic amines is 1. The quantitative estimate of drug-likeness (QED) is 0.701. The van der Waals surface area contributed by atoms with Crippen molar-refractivity contribution in [3.63, 3.8) is 0 Å². The molecule has 0 saturated heterocycles. The van der Waals surface area contributed by atoms with Crippen LogP contribution >= 0.6 is 0 Å². The highest BCUT2D eigenvalue weighted by Crippen LogP contribution is 2.45. The van der Waals surface area contributed by atoms with Crippen LogP contribution in [-0.2, 0) is 10.8 Å². The molecule has 0 amide bonds. The highest BCUT2D eigenvalue weighted by atomic mass is 16.3. The fourth-order valence-corrected chi connectivity index (χ4v) is 2.60. The smallest absolute Gasteiger partial charge is 0.0558 e. The zero-order chi connectivity index (χ0) is 12.0. The molecule has 90 valence electrons. The summed E-state index contributed by atoms with van der Waals surface area (Å²) in [5.41, 5.74) is 8.19. The third-order valence-electron chi connectivity index (χ3n) is 3.60. The van der Waals surface area contributed by atoms with E-state index in [0.29, 0.717) is 6.54 Å². The maximum absolute atomic E-state index is 9.52. The van der Waals surface area contributed by atoms with Crippen molar-refractivity contribution in [1.82, 2.24) is 10.2 Å². The molecule has 2 rings (SSSR count). The van der Waals surface area contributed by atoms with Gasteiger partial charge < -0.3 is 10.8 Å². The Morgan fingerprint density at radius 3 is 2.62 bits per heavy atom. The van der Waals surface area contributed by atoms with Crippen molar-refractivity contribution in [2.75, 3.05) is 6.54 Å². The van der Waals surface area contributed by atoms with Gasteiger partial charge in [-0.05, 0) is 12.8 Å². The largest absolute Gasteiger partial charge is 0.393 e. The van der Waals surface area contributed by atoms with Gasteiger partial charge in [-0.2, -0.15) is 5.10 Å². The van der Waals surface area contributed by atoms with Crippen molar-refractivity contribution in [2.24, 2.45) is 5.73 Å². The van der Waals surface area contributed by atoms with E-state index >= 15 is 0 Å². The van der Waals surface area contributed by atoms with Crippen LogP contribution in [-0.4, -0.2) is 28.0 Å². The first kappa shape index (κ1) is 11.6. The average molecular weight is 223 g/mol. The molecule has 0 aromatic carbocycles. The van der Waals surface area contributed by atoms with Crippen LogP contribution in [0.25, 0.3) is 0 Å². The average Bonchev–Trinajstić information content (AvgIpc) is 2.60. The van der Waals surface area contributed by atoms with Gasteiger partial charge >= 0.3 is 0 Å². The Morgan fingerprint density at radius 1 is 1.56 bits per heavy atom. The summed E-state index contributed by atoms with van der Waals surface area (Å²) < 4.78 is 0. The van der Waals surface area contributed by atoms with Gasteiger partial charge in [0.15, 0.2) is 0 Å². The number of aliphatic hydroxyl groups is 1. The summed E-state index contributed by atoms with van der Waals surface area (Å²) in [7, 11) is 0. The minimum absolute atomic E-state index is 0.0363. The van der Waals surface area contributed by atoms with E-state index in [1.807, 2.05) is 6.20 Å². The number of nitrogens with one attached hydrogen (secondary N) is 1. The van der Waals surface area contributed by atoms with Gasteiger partial charge in [-0.1, -0.05) is 20.8 Å². The van der Waals surface area contributed by atoms with Gasteiger partial charge in [0.1, 0.15) is 0 Å². The number of H-pyrrole nitrogens is 1. The molecule has 0 aliphatic heterocycles. The topological polar surface area (TPSA) is 74.9 Å². The predicted octanol–water partition coefficient (Wildman–Crippen LogP) is 1.06. The molecule has 4 nitrogen and oxygen atoms in total. The van der Waals surface area contributed by atoms with Crippen molar-refractivity contribution in [1.29, 1.82) is 0 Å². The molecule has 0 atom stereocenters. The second-order valence-corrected chi connectivity index (χ2v) is 5.96. The third kappa shape index (κ3) is 1.66. The molecule has 1 aliphatic rings. The zero-order valence-corrected chi connectivity index (χ0v) is 10.2. The monoisotopic (exact) mass is 223 g/mol. The number of rotatable bonds is 2. The molecule has 0 bridgehead atoms. The molecule has 1 saturated carbocycles. The number of hydrogen-bond donors (Lipinski definition) is 3. The first-order valence-electron chi connectivity index (χ1n) is 5.81. The lowest BCUT2D eigenvalue weighted by atomic mass is 9.61. The van der Waals surface area contributed by atoms with E-state index in [0.717, 1.165) is 18.5 Å². The fraction of sp³-hybridized carbons (Fsp3) is 0.750. The van der Waals surface area contributed by atoms with E-state index in [1.54, 1.807) is 0 Å². The van der Waals surface area contributed by atoms with Crippen LogP contribution in [0, 0.1) is 0 Å². The molecule has 1 heterocycles. The minimum Gasteiger partial charge on any atom is -0.393 e. The van der Waals surface area contributed by atoms with Crippen LogP contribution in [0.4, 0.5) is 0 Å². The number of nitrogens with two attached hydrogens (primary N) is 1. The number of aromatic nitrogens is 2. The number of hydrogen-bond acceptors (Lipinski definition) is 3. The first-order valence-corrected chi connectivity index (χ1v) is 5.81. The Balaban J connectivity index is 2.37. The Hall–Kier alpha value is -0.870. The van der Waals surface area contributed by atoms with Gasteiger partial charge in [0, 0.05) is 28.6 Å². The van der Waals surface area contributed by atoms with Gasteiger partial charge in [0.25, 0.3) is 0 Å². The van der Waals surface area contributed by atoms with Crippen LogP contribution in [0.2, 0.25) is 0 Å². The van der Waals surface area contributed by atoms with Gasteiger partial charge in [-0.25, -0.2) is 0 Å². The number of aliphatic hydroxyl groups excluding tert-OH is 1. The summed E-state index contributed by atoms with van der Waals surface area (Å²) in [6, 6.07) is 0. The Labute approximate surface area is 96.2 Å². The summed E-state index contributed by atoms with van der Waals surface area (Å²) in [5, 5.41) is 16.7. The molecular formula is C12H21N3O. The van der Waals surface area contributed by atoms with Gasteiger partial charge in [-0.3, -0.25) is 5.10 Å². The highest BCUT2D eigenvalue weighted by molar-refractivity contribution is 5.35. The lowest BCUT2D eigenvalue weighted by molar-refractivity contribution is 0.0214. The van der Waals surface area contributed by atoms with E-state index in [9.17, 15) is 5.11 Å². The van der Waals surface area contributed by atoms with E-state index in [2.05, 4.69) is 31.0 Å². The molecule has 1 aromatic rings. The van der Waals surface area contributed by atoms with Crippen LogP contribution in [0.15, 0.2) is 6.20 Å². The third-order valence-corrected chi connectivity index (χ3v) is 3.60. The molecule has 0 spiro atoms. The molecule has 1 fully saturated rings. The minimum atomic E-state index is -0.203. The van der Waals surface area contributed by atoms with Crippen molar-refractivity contribution >= 4 is 0 Å². The highest BCUT2D eigenvalue weighted by Gasteiger charge is 2.46. The second-order valence-electron chi connectivity index (χ2n) is 5.96. The molecule has 4 N–H and O–H groups in total. The fourth-order valence-electron chi connectivity index (χ4n) is 2.60. The SMILES string of the molecule is CC(C)(C)c1[nH]ncc1C1(CN)CC(O)C1.